The molecular weight excluding hydrogens is 358 g/mol. The number of rotatable bonds is 6. The highest BCUT2D eigenvalue weighted by atomic mass is 16.5. The minimum Gasteiger partial charge on any atom is -0.466 e. The molecule has 0 saturated carbocycles. The van der Waals surface area contributed by atoms with Crippen molar-refractivity contribution in [3.63, 3.8) is 0 Å². The highest BCUT2D eigenvalue weighted by Gasteiger charge is 2.14. The Balaban J connectivity index is 1.91. The van der Waals surface area contributed by atoms with Gasteiger partial charge in [0.2, 0.25) is 0 Å². The van der Waals surface area contributed by atoms with E-state index >= 15 is 0 Å². The Morgan fingerprint density at radius 3 is 2.54 bits per heavy atom. The molecule has 0 saturated heterocycles. The molecule has 0 atom stereocenters. The fourth-order valence-electron chi connectivity index (χ4n) is 2.88. The highest BCUT2D eigenvalue weighted by Crippen LogP contribution is 2.22. The first-order valence-corrected chi connectivity index (χ1v) is 8.67. The lowest BCUT2D eigenvalue weighted by molar-refractivity contribution is -0.138. The summed E-state index contributed by atoms with van der Waals surface area (Å²) in [5.41, 5.74) is 3.52. The summed E-state index contributed by atoms with van der Waals surface area (Å²) in [5, 5.41) is 2.90. The topological polar surface area (TPSA) is 82.5 Å². The van der Waals surface area contributed by atoms with Crippen LogP contribution in [0.4, 0.5) is 5.69 Å². The van der Waals surface area contributed by atoms with E-state index in [1.54, 1.807) is 0 Å². The van der Waals surface area contributed by atoms with Crippen LogP contribution < -0.4 is 5.32 Å². The third-order valence-corrected chi connectivity index (χ3v) is 4.27. The molecule has 3 aromatic rings. The van der Waals surface area contributed by atoms with Crippen molar-refractivity contribution in [2.75, 3.05) is 19.5 Å². The molecule has 7 heteroatoms. The first-order chi connectivity index (χ1) is 13.5. The zero-order valence-electron chi connectivity index (χ0n) is 15.9. The van der Waals surface area contributed by atoms with Crippen LogP contribution in [0.1, 0.15) is 11.4 Å². The van der Waals surface area contributed by atoms with Crippen LogP contribution >= 0.6 is 0 Å². The number of anilines is 1. The van der Waals surface area contributed by atoms with Crippen molar-refractivity contribution in [1.82, 2.24) is 9.55 Å². The van der Waals surface area contributed by atoms with Crippen molar-refractivity contribution in [1.29, 1.82) is 0 Å². The molecule has 28 heavy (non-hydrogen) atoms. The van der Waals surface area contributed by atoms with Crippen LogP contribution in [-0.2, 0) is 25.6 Å². The van der Waals surface area contributed by atoms with Crippen molar-refractivity contribution < 1.29 is 19.1 Å². The number of carbonyl (C=O) groups is 2. The quantitative estimate of drug-likeness (QED) is 0.524. The van der Waals surface area contributed by atoms with E-state index in [0.29, 0.717) is 12.2 Å². The Bertz CT molecular complexity index is 1040. The average Bonchev–Trinajstić information content (AvgIpc) is 3.02. The molecule has 0 aliphatic carbocycles. The van der Waals surface area contributed by atoms with E-state index in [-0.39, 0.29) is 5.70 Å². The summed E-state index contributed by atoms with van der Waals surface area (Å²) in [7, 11) is 2.48. The molecule has 0 aliphatic heterocycles. The van der Waals surface area contributed by atoms with Gasteiger partial charge in [0.25, 0.3) is 0 Å². The summed E-state index contributed by atoms with van der Waals surface area (Å²) in [6.07, 6.45) is 1.05. The number of nitrogens with zero attached hydrogens (tertiary/aromatic N) is 2. The van der Waals surface area contributed by atoms with Gasteiger partial charge in [0, 0.05) is 12.2 Å². The number of imidazole rings is 1. The van der Waals surface area contributed by atoms with Crippen LogP contribution in [0.3, 0.4) is 0 Å². The van der Waals surface area contributed by atoms with Crippen molar-refractivity contribution >= 4 is 28.7 Å². The standard InChI is InChI=1S/C21H21N3O4/c1-14-22-17-11-16(23-18(21(26)28-3)12-20(25)27-2)9-10-19(17)24(14)13-15-7-5-4-6-8-15/h4-12,23H,13H2,1-3H3/b18-12+. The molecule has 3 rings (SSSR count). The zero-order valence-corrected chi connectivity index (χ0v) is 15.9. The van der Waals surface area contributed by atoms with Crippen molar-refractivity contribution in [3.05, 3.63) is 71.7 Å². The minimum atomic E-state index is -0.670. The summed E-state index contributed by atoms with van der Waals surface area (Å²) in [6, 6.07) is 15.7. The van der Waals surface area contributed by atoms with Gasteiger partial charge in [0.05, 0.1) is 31.3 Å². The summed E-state index contributed by atoms with van der Waals surface area (Å²) >= 11 is 0. The Morgan fingerprint density at radius 2 is 1.86 bits per heavy atom. The second-order valence-corrected chi connectivity index (χ2v) is 6.13. The fraction of sp³-hybridized carbons (Fsp3) is 0.190. The van der Waals surface area contributed by atoms with E-state index in [1.807, 2.05) is 43.3 Å². The van der Waals surface area contributed by atoms with E-state index in [9.17, 15) is 9.59 Å². The number of aryl methyl sites for hydroxylation is 1. The molecule has 1 heterocycles. The molecule has 0 unspecified atom stereocenters. The largest absolute Gasteiger partial charge is 0.466 e. The number of methoxy groups -OCH3 is 2. The van der Waals surface area contributed by atoms with Gasteiger partial charge < -0.3 is 19.4 Å². The summed E-state index contributed by atoms with van der Waals surface area (Å²) in [5.74, 6) is -0.442. The van der Waals surface area contributed by atoms with Gasteiger partial charge in [-0.15, -0.1) is 0 Å². The van der Waals surface area contributed by atoms with Crippen LogP contribution in [0.2, 0.25) is 0 Å². The van der Waals surface area contributed by atoms with Gasteiger partial charge in [-0.3, -0.25) is 0 Å². The Morgan fingerprint density at radius 1 is 1.11 bits per heavy atom. The Labute approximate surface area is 162 Å². The number of ether oxygens (including phenoxy) is 2. The molecule has 1 aromatic heterocycles. The molecule has 0 spiro atoms. The van der Waals surface area contributed by atoms with Gasteiger partial charge in [0.15, 0.2) is 0 Å². The number of nitrogens with one attached hydrogen (secondary N) is 1. The number of fused-ring (bicyclic) bond motifs is 1. The number of esters is 2. The van der Waals surface area contributed by atoms with Gasteiger partial charge in [0.1, 0.15) is 11.5 Å². The maximum absolute atomic E-state index is 11.9. The van der Waals surface area contributed by atoms with E-state index < -0.39 is 11.9 Å². The maximum atomic E-state index is 11.9. The second-order valence-electron chi connectivity index (χ2n) is 6.13. The maximum Gasteiger partial charge on any atom is 0.354 e. The fourth-order valence-corrected chi connectivity index (χ4v) is 2.88. The third-order valence-electron chi connectivity index (χ3n) is 4.27. The predicted octanol–water partition coefficient (Wildman–Crippen LogP) is 3.03. The lowest BCUT2D eigenvalue weighted by atomic mass is 10.2. The molecule has 0 fully saturated rings. The van der Waals surface area contributed by atoms with Crippen LogP contribution in [0.25, 0.3) is 11.0 Å². The first-order valence-electron chi connectivity index (χ1n) is 8.67. The monoisotopic (exact) mass is 379 g/mol. The molecule has 0 radical (unpaired) electrons. The Kier molecular flexibility index (Phi) is 5.74. The summed E-state index contributed by atoms with van der Waals surface area (Å²) in [4.78, 5) is 28.0. The summed E-state index contributed by atoms with van der Waals surface area (Å²) in [6.45, 7) is 2.67. The number of hydrogen-bond acceptors (Lipinski definition) is 6. The zero-order chi connectivity index (χ0) is 20.1. The smallest absolute Gasteiger partial charge is 0.354 e. The van der Waals surface area contributed by atoms with E-state index in [2.05, 4.69) is 31.7 Å². The highest BCUT2D eigenvalue weighted by molar-refractivity contribution is 5.99. The average molecular weight is 379 g/mol. The number of aromatic nitrogens is 2. The van der Waals surface area contributed by atoms with Crippen molar-refractivity contribution in [3.8, 4) is 0 Å². The number of hydrogen-bond donors (Lipinski definition) is 1. The van der Waals surface area contributed by atoms with Crippen LogP contribution in [0.5, 0.6) is 0 Å². The molecule has 1 N–H and O–H groups in total. The lowest BCUT2D eigenvalue weighted by Gasteiger charge is -2.10. The lowest BCUT2D eigenvalue weighted by Crippen LogP contribution is -2.15. The molecule has 144 valence electrons. The van der Waals surface area contributed by atoms with Gasteiger partial charge in [-0.05, 0) is 30.7 Å². The minimum absolute atomic E-state index is 0.0193. The normalized spacial score (nSPS) is 11.3. The van der Waals surface area contributed by atoms with Gasteiger partial charge >= 0.3 is 11.9 Å². The molecule has 2 aromatic carbocycles. The van der Waals surface area contributed by atoms with Crippen LogP contribution in [0.15, 0.2) is 60.3 Å². The SMILES string of the molecule is COC(=O)/C=C(/Nc1ccc2c(c1)nc(C)n2Cc1ccccc1)C(=O)OC. The molecule has 0 amide bonds. The third kappa shape index (κ3) is 4.20. The summed E-state index contributed by atoms with van der Waals surface area (Å²) < 4.78 is 11.4. The van der Waals surface area contributed by atoms with Crippen molar-refractivity contribution in [2.24, 2.45) is 0 Å². The van der Waals surface area contributed by atoms with Gasteiger partial charge in [-0.25, -0.2) is 14.6 Å². The van der Waals surface area contributed by atoms with Crippen LogP contribution in [-0.4, -0.2) is 35.7 Å². The van der Waals surface area contributed by atoms with Gasteiger partial charge in [-0.1, -0.05) is 30.3 Å². The molecule has 0 bridgehead atoms. The van der Waals surface area contributed by atoms with E-state index in [4.69, 9.17) is 4.74 Å². The Hall–Kier alpha value is -3.61. The number of carbonyl (C=O) groups excluding carboxylic acids is 2. The van der Waals surface area contributed by atoms with E-state index in [0.717, 1.165) is 22.9 Å². The molecular formula is C21H21N3O4. The van der Waals surface area contributed by atoms with Crippen molar-refractivity contribution in [2.45, 2.75) is 13.5 Å². The second kappa shape index (κ2) is 8.39. The first kappa shape index (κ1) is 19.2. The van der Waals surface area contributed by atoms with Gasteiger partial charge in [-0.2, -0.15) is 0 Å². The van der Waals surface area contributed by atoms with Crippen LogP contribution in [0, 0.1) is 6.92 Å². The molecule has 7 nitrogen and oxygen atoms in total. The number of benzene rings is 2. The predicted molar refractivity (Wildman–Crippen MR) is 106 cm³/mol. The molecule has 0 aliphatic rings. The van der Waals surface area contributed by atoms with E-state index in [1.165, 1.54) is 19.8 Å².